The van der Waals surface area contributed by atoms with Crippen LogP contribution >= 0.6 is 0 Å². The number of unbranched alkanes of at least 4 members (excludes halogenated alkanes) is 4. The molecule has 0 radical (unpaired) electrons. The summed E-state index contributed by atoms with van der Waals surface area (Å²) in [5.41, 5.74) is 0.472. The molecule has 6 nitrogen and oxygen atoms in total. The van der Waals surface area contributed by atoms with Gasteiger partial charge in [0.15, 0.2) is 6.23 Å². The average Bonchev–Trinajstić information content (AvgIpc) is 2.92. The molecule has 0 fully saturated rings. The van der Waals surface area contributed by atoms with E-state index < -0.39 is 6.23 Å². The van der Waals surface area contributed by atoms with Crippen LogP contribution in [0.2, 0.25) is 0 Å². The molecule has 1 atom stereocenters. The Hall–Kier alpha value is -1.72. The van der Waals surface area contributed by atoms with Gasteiger partial charge < -0.3 is 9.47 Å². The molecule has 0 saturated carbocycles. The Morgan fingerprint density at radius 1 is 1.08 bits per heavy atom. The lowest BCUT2D eigenvalue weighted by atomic mass is 10.1. The van der Waals surface area contributed by atoms with Gasteiger partial charge in [-0.15, -0.1) is 0 Å². The van der Waals surface area contributed by atoms with Crippen molar-refractivity contribution in [2.24, 2.45) is 10.9 Å². The standard InChI is InChI=1S/C18H29NO5/c1-13(2)17-18(22)24-15(19-17)12-11-14(20)9-7-5-4-6-8-10-16(21)23-3/h13,15H,4-12H2,1-3H3. The molecule has 0 aromatic rings. The number of carbonyl (C=O) groups excluding carboxylic acids is 3. The molecule has 6 heteroatoms. The quantitative estimate of drug-likeness (QED) is 0.403. The molecule has 0 spiro atoms. The van der Waals surface area contributed by atoms with Crippen LogP contribution in [0.1, 0.15) is 71.6 Å². The Bertz CT molecular complexity index is 470. The van der Waals surface area contributed by atoms with Crippen LogP contribution in [0.3, 0.4) is 0 Å². The maximum absolute atomic E-state index is 11.9. The fraction of sp³-hybridized carbons (Fsp3) is 0.778. The Kier molecular flexibility index (Phi) is 9.27. The van der Waals surface area contributed by atoms with E-state index in [2.05, 4.69) is 9.73 Å². The molecule has 1 aliphatic heterocycles. The van der Waals surface area contributed by atoms with Crippen molar-refractivity contribution in [3.63, 3.8) is 0 Å². The Morgan fingerprint density at radius 2 is 1.71 bits per heavy atom. The molecule has 0 aromatic carbocycles. The fourth-order valence-electron chi connectivity index (χ4n) is 2.56. The predicted molar refractivity (Wildman–Crippen MR) is 90.7 cm³/mol. The largest absolute Gasteiger partial charge is 0.469 e. The Balaban J connectivity index is 2.05. The van der Waals surface area contributed by atoms with Crippen molar-refractivity contribution in [3.05, 3.63) is 0 Å². The van der Waals surface area contributed by atoms with Gasteiger partial charge in [-0.25, -0.2) is 9.79 Å². The van der Waals surface area contributed by atoms with Gasteiger partial charge >= 0.3 is 11.9 Å². The molecule has 136 valence electrons. The van der Waals surface area contributed by atoms with E-state index in [1.54, 1.807) is 0 Å². The number of hydrogen-bond acceptors (Lipinski definition) is 6. The first kappa shape index (κ1) is 20.3. The third kappa shape index (κ3) is 7.70. The van der Waals surface area contributed by atoms with E-state index in [-0.39, 0.29) is 23.6 Å². The number of carbonyl (C=O) groups is 3. The molecule has 1 aliphatic rings. The Labute approximate surface area is 144 Å². The molecule has 0 saturated heterocycles. The summed E-state index contributed by atoms with van der Waals surface area (Å²) < 4.78 is 9.73. The first-order chi connectivity index (χ1) is 11.4. The highest BCUT2D eigenvalue weighted by Crippen LogP contribution is 2.17. The molecule has 1 unspecified atom stereocenters. The minimum Gasteiger partial charge on any atom is -0.469 e. The highest BCUT2D eigenvalue weighted by Gasteiger charge is 2.29. The van der Waals surface area contributed by atoms with E-state index in [0.29, 0.717) is 31.4 Å². The first-order valence-corrected chi connectivity index (χ1v) is 8.81. The summed E-state index contributed by atoms with van der Waals surface area (Å²) in [6, 6.07) is 0. The number of nitrogens with zero attached hydrogens (tertiary/aromatic N) is 1. The molecular weight excluding hydrogens is 310 g/mol. The second-order valence-electron chi connectivity index (χ2n) is 6.45. The van der Waals surface area contributed by atoms with Crippen LogP contribution in [-0.4, -0.2) is 36.8 Å². The molecule has 0 aliphatic carbocycles. The van der Waals surface area contributed by atoms with Crippen LogP contribution in [0, 0.1) is 5.92 Å². The number of hydrogen-bond donors (Lipinski definition) is 0. The molecule has 1 rings (SSSR count). The van der Waals surface area contributed by atoms with Crippen molar-refractivity contribution in [2.75, 3.05) is 7.11 Å². The van der Waals surface area contributed by atoms with Crippen LogP contribution < -0.4 is 0 Å². The van der Waals surface area contributed by atoms with Gasteiger partial charge in [0.2, 0.25) is 0 Å². The number of Topliss-reactive ketones (excluding diaryl/α,β-unsaturated/α-hetero) is 1. The van der Waals surface area contributed by atoms with E-state index in [0.717, 1.165) is 32.1 Å². The summed E-state index contributed by atoms with van der Waals surface area (Å²) in [6.45, 7) is 3.80. The maximum atomic E-state index is 11.9. The van der Waals surface area contributed by atoms with Crippen molar-refractivity contribution in [2.45, 2.75) is 77.9 Å². The predicted octanol–water partition coefficient (Wildman–Crippen LogP) is 3.22. The summed E-state index contributed by atoms with van der Waals surface area (Å²) in [4.78, 5) is 38.6. The number of esters is 2. The monoisotopic (exact) mass is 339 g/mol. The zero-order valence-corrected chi connectivity index (χ0v) is 15.0. The van der Waals surface area contributed by atoms with Crippen LogP contribution in [0.5, 0.6) is 0 Å². The lowest BCUT2D eigenvalue weighted by Crippen LogP contribution is -2.17. The van der Waals surface area contributed by atoms with E-state index in [9.17, 15) is 14.4 Å². The van der Waals surface area contributed by atoms with Crippen molar-refractivity contribution in [1.82, 2.24) is 0 Å². The lowest BCUT2D eigenvalue weighted by Gasteiger charge is -2.06. The van der Waals surface area contributed by atoms with Crippen LogP contribution in [0.25, 0.3) is 0 Å². The van der Waals surface area contributed by atoms with Crippen LogP contribution in [-0.2, 0) is 23.9 Å². The zero-order valence-electron chi connectivity index (χ0n) is 15.0. The molecule has 1 heterocycles. The van der Waals surface area contributed by atoms with Crippen LogP contribution in [0.15, 0.2) is 4.99 Å². The summed E-state index contributed by atoms with van der Waals surface area (Å²) in [5.74, 6) is -0.276. The van der Waals surface area contributed by atoms with Gasteiger partial charge in [-0.1, -0.05) is 33.1 Å². The van der Waals surface area contributed by atoms with Gasteiger partial charge in [0.25, 0.3) is 0 Å². The van der Waals surface area contributed by atoms with Gasteiger partial charge in [-0.05, 0) is 12.8 Å². The van der Waals surface area contributed by atoms with E-state index in [4.69, 9.17) is 4.74 Å². The second kappa shape index (κ2) is 10.9. The molecule has 0 bridgehead atoms. The number of aliphatic imine (C=N–C) groups is 1. The van der Waals surface area contributed by atoms with Gasteiger partial charge in [0, 0.05) is 31.6 Å². The third-order valence-electron chi connectivity index (χ3n) is 4.02. The number of rotatable bonds is 12. The zero-order chi connectivity index (χ0) is 17.9. The maximum Gasteiger partial charge on any atom is 0.354 e. The third-order valence-corrected chi connectivity index (χ3v) is 4.02. The van der Waals surface area contributed by atoms with E-state index in [1.807, 2.05) is 13.8 Å². The number of ether oxygens (including phenoxy) is 2. The molecule has 24 heavy (non-hydrogen) atoms. The number of methoxy groups -OCH3 is 1. The minimum atomic E-state index is -0.489. The van der Waals surface area contributed by atoms with Crippen molar-refractivity contribution < 1.29 is 23.9 Å². The SMILES string of the molecule is COC(=O)CCCCCCCC(=O)CCC1N=C(C(C)C)C(=O)O1. The summed E-state index contributed by atoms with van der Waals surface area (Å²) in [7, 11) is 1.40. The highest BCUT2D eigenvalue weighted by molar-refractivity contribution is 6.38. The summed E-state index contributed by atoms with van der Waals surface area (Å²) >= 11 is 0. The first-order valence-electron chi connectivity index (χ1n) is 8.81. The van der Waals surface area contributed by atoms with Gasteiger partial charge in [-0.2, -0.15) is 0 Å². The normalized spacial score (nSPS) is 16.9. The van der Waals surface area contributed by atoms with Crippen molar-refractivity contribution >= 4 is 23.4 Å². The smallest absolute Gasteiger partial charge is 0.354 e. The van der Waals surface area contributed by atoms with Crippen molar-refractivity contribution in [3.8, 4) is 0 Å². The minimum absolute atomic E-state index is 0.0531. The van der Waals surface area contributed by atoms with Crippen LogP contribution in [0.4, 0.5) is 0 Å². The van der Waals surface area contributed by atoms with E-state index >= 15 is 0 Å². The highest BCUT2D eigenvalue weighted by atomic mass is 16.6. The fourth-order valence-corrected chi connectivity index (χ4v) is 2.56. The van der Waals surface area contributed by atoms with Crippen molar-refractivity contribution in [1.29, 1.82) is 0 Å². The summed E-state index contributed by atoms with van der Waals surface area (Å²) in [6.07, 6.45) is 6.09. The molecule has 0 N–H and O–H groups in total. The second-order valence-corrected chi connectivity index (χ2v) is 6.45. The molecular formula is C18H29NO5. The van der Waals surface area contributed by atoms with Gasteiger partial charge in [-0.3, -0.25) is 9.59 Å². The topological polar surface area (TPSA) is 82.0 Å². The van der Waals surface area contributed by atoms with Gasteiger partial charge in [0.1, 0.15) is 11.5 Å². The lowest BCUT2D eigenvalue weighted by molar-refractivity contribution is -0.141. The van der Waals surface area contributed by atoms with Gasteiger partial charge in [0.05, 0.1) is 7.11 Å². The average molecular weight is 339 g/mol. The summed E-state index contributed by atoms with van der Waals surface area (Å²) in [5, 5.41) is 0. The van der Waals surface area contributed by atoms with E-state index in [1.165, 1.54) is 7.11 Å². The molecule has 0 aromatic heterocycles. The Morgan fingerprint density at radius 3 is 2.29 bits per heavy atom. The molecule has 0 amide bonds. The number of ketones is 1. The number of cyclic esters (lactones) is 1.